The van der Waals surface area contributed by atoms with Crippen LogP contribution in [0.4, 0.5) is 5.69 Å². The maximum atomic E-state index is 12.5. The summed E-state index contributed by atoms with van der Waals surface area (Å²) in [7, 11) is 0. The third-order valence-corrected chi connectivity index (χ3v) is 5.39. The minimum atomic E-state index is 0.0676. The Labute approximate surface area is 174 Å². The molecule has 0 unspecified atom stereocenters. The van der Waals surface area contributed by atoms with Gasteiger partial charge in [-0.3, -0.25) is 14.4 Å². The Morgan fingerprint density at radius 3 is 2.00 bits per heavy atom. The summed E-state index contributed by atoms with van der Waals surface area (Å²) in [5, 5.41) is 0. The molecule has 0 bridgehead atoms. The van der Waals surface area contributed by atoms with Crippen molar-refractivity contribution in [2.45, 2.75) is 52.9 Å². The van der Waals surface area contributed by atoms with E-state index < -0.39 is 0 Å². The lowest BCUT2D eigenvalue weighted by Crippen LogP contribution is -2.48. The number of rotatable bonds is 10. The molecule has 1 aromatic rings. The molecule has 0 radical (unpaired) electrons. The van der Waals surface area contributed by atoms with E-state index in [4.69, 9.17) is 0 Å². The molecule has 0 spiro atoms. The number of Topliss-reactive ketones (excluding diaryl/α,β-unsaturated/α-hetero) is 1. The predicted octanol–water partition coefficient (Wildman–Crippen LogP) is 3.36. The lowest BCUT2D eigenvalue weighted by molar-refractivity contribution is -0.133. The Kier molecular flexibility index (Phi) is 9.16. The van der Waals surface area contributed by atoms with Gasteiger partial charge < -0.3 is 14.7 Å². The molecule has 29 heavy (non-hydrogen) atoms. The average molecular weight is 402 g/mol. The Balaban J connectivity index is 1.74. The van der Waals surface area contributed by atoms with Gasteiger partial charge in [0, 0.05) is 63.4 Å². The second-order valence-corrected chi connectivity index (χ2v) is 7.71. The van der Waals surface area contributed by atoms with Gasteiger partial charge in [0.15, 0.2) is 5.78 Å². The van der Waals surface area contributed by atoms with E-state index in [1.54, 1.807) is 6.92 Å². The second-order valence-electron chi connectivity index (χ2n) is 7.71. The standard InChI is InChI=1S/C23H35N3O3/c1-4-13-25(14-5-2)22(28)7-6-8-23(29)26-17-15-24(16-18-26)21-11-9-20(10-12-21)19(3)27/h9-12H,4-8,13-18H2,1-3H3. The molecule has 1 saturated heterocycles. The van der Waals surface area contributed by atoms with Crippen molar-refractivity contribution in [1.82, 2.24) is 9.80 Å². The van der Waals surface area contributed by atoms with Crippen LogP contribution in [-0.2, 0) is 9.59 Å². The third-order valence-electron chi connectivity index (χ3n) is 5.39. The molecule has 0 aromatic heterocycles. The maximum Gasteiger partial charge on any atom is 0.222 e. The molecule has 2 amide bonds. The van der Waals surface area contributed by atoms with Crippen LogP contribution in [0.25, 0.3) is 0 Å². The van der Waals surface area contributed by atoms with Gasteiger partial charge in [-0.2, -0.15) is 0 Å². The van der Waals surface area contributed by atoms with Gasteiger partial charge in [-0.15, -0.1) is 0 Å². The summed E-state index contributed by atoms with van der Waals surface area (Å²) < 4.78 is 0. The zero-order valence-electron chi connectivity index (χ0n) is 18.2. The van der Waals surface area contributed by atoms with Crippen LogP contribution in [0.1, 0.15) is 63.2 Å². The lowest BCUT2D eigenvalue weighted by atomic mass is 10.1. The molecule has 1 aliphatic heterocycles. The van der Waals surface area contributed by atoms with Crippen molar-refractivity contribution in [1.29, 1.82) is 0 Å². The van der Waals surface area contributed by atoms with Gasteiger partial charge in [-0.05, 0) is 50.5 Å². The van der Waals surface area contributed by atoms with Gasteiger partial charge in [-0.1, -0.05) is 13.8 Å². The first kappa shape index (κ1) is 22.9. The molecule has 1 aromatic carbocycles. The molecule has 1 fully saturated rings. The predicted molar refractivity (Wildman–Crippen MR) is 116 cm³/mol. The summed E-state index contributed by atoms with van der Waals surface area (Å²) in [5.41, 5.74) is 1.80. The van der Waals surface area contributed by atoms with Gasteiger partial charge in [0.25, 0.3) is 0 Å². The molecule has 160 valence electrons. The Morgan fingerprint density at radius 1 is 0.897 bits per heavy atom. The van der Waals surface area contributed by atoms with Crippen molar-refractivity contribution in [2.24, 2.45) is 0 Å². The lowest BCUT2D eigenvalue weighted by Gasteiger charge is -2.36. The van der Waals surface area contributed by atoms with Crippen LogP contribution in [0.3, 0.4) is 0 Å². The number of carbonyl (C=O) groups excluding carboxylic acids is 3. The fraction of sp³-hybridized carbons (Fsp3) is 0.609. The van der Waals surface area contributed by atoms with E-state index in [1.165, 1.54) is 0 Å². The summed E-state index contributed by atoms with van der Waals surface area (Å²) in [6, 6.07) is 7.65. The number of anilines is 1. The highest BCUT2D eigenvalue weighted by atomic mass is 16.2. The molecule has 6 nitrogen and oxygen atoms in total. The second kappa shape index (κ2) is 11.6. The molecular formula is C23H35N3O3. The SMILES string of the molecule is CCCN(CCC)C(=O)CCCC(=O)N1CCN(c2ccc(C(C)=O)cc2)CC1. The van der Waals surface area contributed by atoms with E-state index in [1.807, 2.05) is 34.1 Å². The van der Waals surface area contributed by atoms with E-state index in [2.05, 4.69) is 18.7 Å². The summed E-state index contributed by atoms with van der Waals surface area (Å²) in [5.74, 6) is 0.375. The van der Waals surface area contributed by atoms with Crippen molar-refractivity contribution in [3.05, 3.63) is 29.8 Å². The third kappa shape index (κ3) is 6.87. The number of nitrogens with zero attached hydrogens (tertiary/aromatic N) is 3. The topological polar surface area (TPSA) is 60.9 Å². The Hall–Kier alpha value is -2.37. The molecule has 0 aliphatic carbocycles. The van der Waals surface area contributed by atoms with Crippen molar-refractivity contribution < 1.29 is 14.4 Å². The fourth-order valence-electron chi connectivity index (χ4n) is 3.73. The molecule has 0 N–H and O–H groups in total. The highest BCUT2D eigenvalue weighted by Gasteiger charge is 2.21. The first-order valence-electron chi connectivity index (χ1n) is 10.9. The van der Waals surface area contributed by atoms with E-state index in [0.29, 0.717) is 37.9 Å². The van der Waals surface area contributed by atoms with Crippen LogP contribution in [0, 0.1) is 0 Å². The van der Waals surface area contributed by atoms with Gasteiger partial charge in [-0.25, -0.2) is 0 Å². The summed E-state index contributed by atoms with van der Waals surface area (Å²) in [6.07, 6.45) is 3.44. The Morgan fingerprint density at radius 2 is 1.48 bits per heavy atom. The van der Waals surface area contributed by atoms with Crippen LogP contribution in [0.5, 0.6) is 0 Å². The van der Waals surface area contributed by atoms with Crippen molar-refractivity contribution in [3.8, 4) is 0 Å². The van der Waals surface area contributed by atoms with Crippen molar-refractivity contribution in [3.63, 3.8) is 0 Å². The van der Waals surface area contributed by atoms with Crippen LogP contribution in [0.15, 0.2) is 24.3 Å². The number of amides is 2. The number of benzene rings is 1. The van der Waals surface area contributed by atoms with Crippen LogP contribution in [0.2, 0.25) is 0 Å². The number of carbonyl (C=O) groups is 3. The normalized spacial score (nSPS) is 14.0. The van der Waals surface area contributed by atoms with E-state index in [0.717, 1.165) is 44.7 Å². The van der Waals surface area contributed by atoms with Crippen LogP contribution in [-0.4, -0.2) is 66.7 Å². The maximum absolute atomic E-state index is 12.5. The zero-order chi connectivity index (χ0) is 21.2. The van der Waals surface area contributed by atoms with Crippen LogP contribution < -0.4 is 4.90 Å². The largest absolute Gasteiger partial charge is 0.368 e. The monoisotopic (exact) mass is 401 g/mol. The number of hydrogen-bond acceptors (Lipinski definition) is 4. The number of piperazine rings is 1. The highest BCUT2D eigenvalue weighted by molar-refractivity contribution is 5.94. The molecule has 6 heteroatoms. The first-order chi connectivity index (χ1) is 14.0. The van der Waals surface area contributed by atoms with Gasteiger partial charge in [0.05, 0.1) is 0 Å². The summed E-state index contributed by atoms with van der Waals surface area (Å²) in [4.78, 5) is 42.3. The molecule has 1 aliphatic rings. The minimum Gasteiger partial charge on any atom is -0.368 e. The van der Waals surface area contributed by atoms with Crippen LogP contribution >= 0.6 is 0 Å². The molecule has 0 saturated carbocycles. The fourth-order valence-corrected chi connectivity index (χ4v) is 3.73. The highest BCUT2D eigenvalue weighted by Crippen LogP contribution is 2.18. The van der Waals surface area contributed by atoms with E-state index in [-0.39, 0.29) is 17.6 Å². The van der Waals surface area contributed by atoms with Gasteiger partial charge in [0.1, 0.15) is 0 Å². The zero-order valence-corrected chi connectivity index (χ0v) is 18.2. The first-order valence-corrected chi connectivity index (χ1v) is 10.9. The van der Waals surface area contributed by atoms with E-state index >= 15 is 0 Å². The molecule has 2 rings (SSSR count). The quantitative estimate of drug-likeness (QED) is 0.564. The van der Waals surface area contributed by atoms with E-state index in [9.17, 15) is 14.4 Å². The number of hydrogen-bond donors (Lipinski definition) is 0. The molecular weight excluding hydrogens is 366 g/mol. The molecule has 0 atom stereocenters. The minimum absolute atomic E-state index is 0.0676. The Bertz CT molecular complexity index is 673. The summed E-state index contributed by atoms with van der Waals surface area (Å²) >= 11 is 0. The van der Waals surface area contributed by atoms with Gasteiger partial charge >= 0.3 is 0 Å². The van der Waals surface area contributed by atoms with Gasteiger partial charge in [0.2, 0.25) is 11.8 Å². The molecule has 1 heterocycles. The number of ketones is 1. The summed E-state index contributed by atoms with van der Waals surface area (Å²) in [6.45, 7) is 10.3. The average Bonchev–Trinajstić information content (AvgIpc) is 2.73. The smallest absolute Gasteiger partial charge is 0.222 e. The van der Waals surface area contributed by atoms with Crippen molar-refractivity contribution >= 4 is 23.3 Å². The van der Waals surface area contributed by atoms with Crippen molar-refractivity contribution in [2.75, 3.05) is 44.2 Å².